The van der Waals surface area contributed by atoms with E-state index in [1.165, 1.54) is 15.8 Å². The highest BCUT2D eigenvalue weighted by Crippen LogP contribution is 2.29. The zero-order chi connectivity index (χ0) is 25.8. The van der Waals surface area contributed by atoms with Crippen LogP contribution in [0.4, 0.5) is 5.82 Å². The van der Waals surface area contributed by atoms with Crippen LogP contribution in [0, 0.1) is 5.92 Å². The molecule has 9 heteroatoms. The number of aliphatic imine (C=N–C) groups is 1. The van der Waals surface area contributed by atoms with E-state index in [1.54, 1.807) is 38.2 Å². The first-order valence-corrected chi connectivity index (χ1v) is 11.8. The molecule has 4 rings (SSSR count). The third-order valence-electron chi connectivity index (χ3n) is 5.97. The molecule has 0 saturated heterocycles. The number of hydrogen-bond acceptors (Lipinski definition) is 6. The minimum atomic E-state index is -0.717. The second kappa shape index (κ2) is 10.6. The van der Waals surface area contributed by atoms with Crippen molar-refractivity contribution in [3.63, 3.8) is 0 Å². The molecule has 0 aliphatic carbocycles. The Hall–Kier alpha value is -4.27. The number of amidine groups is 1. The lowest BCUT2D eigenvalue weighted by Crippen LogP contribution is -2.50. The number of carbonyl (C=O) groups excluding carboxylic acids is 3. The summed E-state index contributed by atoms with van der Waals surface area (Å²) in [6.07, 6.45) is 1.42. The molecule has 3 aromatic rings. The average molecular weight is 488 g/mol. The lowest BCUT2D eigenvalue weighted by atomic mass is 10.0. The Morgan fingerprint density at radius 3 is 2.22 bits per heavy atom. The van der Waals surface area contributed by atoms with Gasteiger partial charge >= 0.3 is 5.97 Å². The summed E-state index contributed by atoms with van der Waals surface area (Å²) in [5, 5.41) is 7.44. The second-order valence-electron chi connectivity index (χ2n) is 8.78. The molecule has 0 radical (unpaired) electrons. The van der Waals surface area contributed by atoms with Crippen LogP contribution < -0.4 is 5.32 Å². The molecule has 0 bridgehead atoms. The predicted molar refractivity (Wildman–Crippen MR) is 136 cm³/mol. The number of benzene rings is 2. The van der Waals surface area contributed by atoms with Crippen molar-refractivity contribution in [1.29, 1.82) is 0 Å². The minimum absolute atomic E-state index is 0.187. The molecule has 2 amide bonds. The maximum atomic E-state index is 13.4. The third-order valence-corrected chi connectivity index (χ3v) is 5.97. The number of imide groups is 1. The Bertz CT molecular complexity index is 1280. The molecule has 1 aromatic heterocycles. The Morgan fingerprint density at radius 2 is 1.64 bits per heavy atom. The fourth-order valence-corrected chi connectivity index (χ4v) is 4.23. The normalized spacial score (nSPS) is 14.2. The lowest BCUT2D eigenvalue weighted by Gasteiger charge is -2.31. The van der Waals surface area contributed by atoms with E-state index in [0.717, 1.165) is 5.56 Å². The van der Waals surface area contributed by atoms with Crippen molar-refractivity contribution in [3.05, 3.63) is 83.0 Å². The number of ether oxygens (including phenoxy) is 1. The molecule has 0 saturated carbocycles. The Labute approximate surface area is 209 Å². The number of nitrogens with one attached hydrogen (secondary N) is 1. The van der Waals surface area contributed by atoms with Crippen molar-refractivity contribution in [2.75, 3.05) is 11.9 Å². The quantitative estimate of drug-likeness (QED) is 0.223. The van der Waals surface area contributed by atoms with Crippen LogP contribution in [0.25, 0.3) is 0 Å². The average Bonchev–Trinajstić information content (AvgIpc) is 3.36. The van der Waals surface area contributed by atoms with Gasteiger partial charge in [0.25, 0.3) is 11.8 Å². The number of esters is 1. The van der Waals surface area contributed by atoms with Crippen LogP contribution in [-0.4, -0.2) is 50.9 Å². The van der Waals surface area contributed by atoms with Gasteiger partial charge in [-0.2, -0.15) is 5.10 Å². The molecular weight excluding hydrogens is 458 g/mol. The van der Waals surface area contributed by atoms with Gasteiger partial charge in [-0.25, -0.2) is 4.79 Å². The van der Waals surface area contributed by atoms with Gasteiger partial charge in [-0.05, 0) is 30.5 Å². The third kappa shape index (κ3) is 4.77. The molecule has 0 fully saturated rings. The molecule has 186 valence electrons. The molecule has 1 N–H and O–H groups in total. The number of nitrogens with zero attached hydrogens (tertiary/aromatic N) is 4. The summed E-state index contributed by atoms with van der Waals surface area (Å²) in [4.78, 5) is 45.4. The maximum absolute atomic E-state index is 13.4. The van der Waals surface area contributed by atoms with Gasteiger partial charge < -0.3 is 10.1 Å². The van der Waals surface area contributed by atoms with E-state index in [4.69, 9.17) is 9.73 Å². The molecule has 1 atom stereocenters. The van der Waals surface area contributed by atoms with E-state index in [9.17, 15) is 14.4 Å². The van der Waals surface area contributed by atoms with Crippen molar-refractivity contribution in [2.24, 2.45) is 18.0 Å². The highest BCUT2D eigenvalue weighted by Gasteiger charge is 2.43. The number of rotatable bonds is 8. The van der Waals surface area contributed by atoms with Gasteiger partial charge in [0, 0.05) is 7.05 Å². The molecule has 2 aromatic carbocycles. The molecule has 9 nitrogen and oxygen atoms in total. The van der Waals surface area contributed by atoms with Crippen molar-refractivity contribution in [2.45, 2.75) is 33.4 Å². The summed E-state index contributed by atoms with van der Waals surface area (Å²) < 4.78 is 6.69. The van der Waals surface area contributed by atoms with Gasteiger partial charge in [-0.1, -0.05) is 56.3 Å². The van der Waals surface area contributed by atoms with E-state index in [-0.39, 0.29) is 29.9 Å². The minimum Gasteiger partial charge on any atom is -0.462 e. The first kappa shape index (κ1) is 24.8. The van der Waals surface area contributed by atoms with Crippen molar-refractivity contribution >= 4 is 29.4 Å². The summed E-state index contributed by atoms with van der Waals surface area (Å²) in [6, 6.07) is 15.7. The Morgan fingerprint density at radius 1 is 1.03 bits per heavy atom. The molecule has 2 heterocycles. The number of anilines is 1. The summed E-state index contributed by atoms with van der Waals surface area (Å²) in [7, 11) is 1.69. The maximum Gasteiger partial charge on any atom is 0.343 e. The van der Waals surface area contributed by atoms with Crippen LogP contribution in [0.3, 0.4) is 0 Å². The van der Waals surface area contributed by atoms with E-state index in [1.807, 2.05) is 44.2 Å². The largest absolute Gasteiger partial charge is 0.462 e. The van der Waals surface area contributed by atoms with Crippen molar-refractivity contribution < 1.29 is 19.1 Å². The topological polar surface area (TPSA) is 106 Å². The van der Waals surface area contributed by atoms with E-state index in [2.05, 4.69) is 10.4 Å². The number of aryl methyl sites for hydroxylation is 1. The summed E-state index contributed by atoms with van der Waals surface area (Å²) in [5.74, 6) is -0.732. The van der Waals surface area contributed by atoms with E-state index >= 15 is 0 Å². The summed E-state index contributed by atoms with van der Waals surface area (Å²) in [5.41, 5.74) is 1.92. The van der Waals surface area contributed by atoms with Crippen LogP contribution in [0.1, 0.15) is 57.4 Å². The number of amides is 2. The zero-order valence-electron chi connectivity index (χ0n) is 20.8. The molecule has 1 aliphatic rings. The smallest absolute Gasteiger partial charge is 0.343 e. The standard InChI is InChI=1S/C27H29N5O4/c1-5-36-27(35)21-16-29-31(4)24(21)30-23(28-15-18-11-7-6-8-12-18)22(17(2)3)32-25(33)19-13-9-10-14-20(19)26(32)34/h6-14,16-17,22H,5,15H2,1-4H3,(H,28,30). The van der Waals surface area contributed by atoms with Crippen molar-refractivity contribution in [1.82, 2.24) is 14.7 Å². The van der Waals surface area contributed by atoms with Gasteiger partial charge in [0.1, 0.15) is 23.3 Å². The van der Waals surface area contributed by atoms with Crippen molar-refractivity contribution in [3.8, 4) is 0 Å². The highest BCUT2D eigenvalue weighted by atomic mass is 16.5. The predicted octanol–water partition coefficient (Wildman–Crippen LogP) is 3.93. The fraction of sp³-hybridized carbons (Fsp3) is 0.296. The lowest BCUT2D eigenvalue weighted by molar-refractivity contribution is 0.0525. The SMILES string of the molecule is CCOC(=O)c1cnn(C)c1NC(=NCc1ccccc1)C(C(C)C)N1C(=O)c2ccccc2C1=O. The molecule has 0 spiro atoms. The zero-order valence-corrected chi connectivity index (χ0v) is 20.8. The van der Waals surface area contributed by atoms with Crippen LogP contribution in [0.2, 0.25) is 0 Å². The number of aromatic nitrogens is 2. The fourth-order valence-electron chi connectivity index (χ4n) is 4.23. The van der Waals surface area contributed by atoms with Crippen LogP contribution in [0.5, 0.6) is 0 Å². The van der Waals surface area contributed by atoms with Gasteiger partial charge in [0.2, 0.25) is 0 Å². The van der Waals surface area contributed by atoms with E-state index in [0.29, 0.717) is 29.3 Å². The first-order valence-electron chi connectivity index (χ1n) is 11.8. The van der Waals surface area contributed by atoms with Crippen LogP contribution in [-0.2, 0) is 18.3 Å². The first-order chi connectivity index (χ1) is 17.3. The van der Waals surface area contributed by atoms with Gasteiger partial charge in [-0.3, -0.25) is 24.2 Å². The number of fused-ring (bicyclic) bond motifs is 1. The van der Waals surface area contributed by atoms with E-state index < -0.39 is 12.0 Å². The Kier molecular flexibility index (Phi) is 7.28. The molecule has 1 unspecified atom stereocenters. The second-order valence-corrected chi connectivity index (χ2v) is 8.78. The molecule has 1 aliphatic heterocycles. The van der Waals surface area contributed by atoms with Crippen LogP contribution >= 0.6 is 0 Å². The van der Waals surface area contributed by atoms with Gasteiger partial charge in [0.15, 0.2) is 0 Å². The molecule has 36 heavy (non-hydrogen) atoms. The monoisotopic (exact) mass is 487 g/mol. The molecular formula is C27H29N5O4. The number of carbonyl (C=O) groups is 3. The van der Waals surface area contributed by atoms with Gasteiger partial charge in [0.05, 0.1) is 30.5 Å². The highest BCUT2D eigenvalue weighted by molar-refractivity contribution is 6.23. The van der Waals surface area contributed by atoms with Gasteiger partial charge in [-0.15, -0.1) is 0 Å². The summed E-state index contributed by atoms with van der Waals surface area (Å²) in [6.45, 7) is 6.09. The summed E-state index contributed by atoms with van der Waals surface area (Å²) >= 11 is 0. The number of hydrogen-bond donors (Lipinski definition) is 1. The van der Waals surface area contributed by atoms with Crippen LogP contribution in [0.15, 0.2) is 65.8 Å². The Balaban J connectivity index is 1.78.